The molecule has 3 rings (SSSR count). The van der Waals surface area contributed by atoms with Gasteiger partial charge in [-0.1, -0.05) is 5.16 Å². The predicted molar refractivity (Wildman–Crippen MR) is 111 cm³/mol. The van der Waals surface area contributed by atoms with Crippen LogP contribution in [0.5, 0.6) is 23.0 Å². The largest absolute Gasteiger partial charge is 0.497 e. The Balaban J connectivity index is 1.83. The van der Waals surface area contributed by atoms with Crippen molar-refractivity contribution in [1.29, 1.82) is 0 Å². The zero-order valence-electron chi connectivity index (χ0n) is 17.8. The van der Waals surface area contributed by atoms with Crippen LogP contribution in [0.25, 0.3) is 11.4 Å². The van der Waals surface area contributed by atoms with Gasteiger partial charge in [-0.05, 0) is 24.3 Å². The number of nitrogens with zero attached hydrogens (tertiary/aromatic N) is 3. The molecule has 0 amide bonds. The monoisotopic (exact) mass is 449 g/mol. The third-order valence-electron chi connectivity index (χ3n) is 4.54. The van der Waals surface area contributed by atoms with E-state index in [2.05, 4.69) is 10.1 Å². The van der Waals surface area contributed by atoms with Crippen molar-refractivity contribution in [2.45, 2.75) is 11.4 Å². The lowest BCUT2D eigenvalue weighted by atomic mass is 10.2. The lowest BCUT2D eigenvalue weighted by molar-refractivity contribution is 0.336. The number of benzene rings is 2. The summed E-state index contributed by atoms with van der Waals surface area (Å²) in [5.74, 6) is 2.25. The number of ether oxygens (including phenoxy) is 4. The quantitative estimate of drug-likeness (QED) is 0.486. The summed E-state index contributed by atoms with van der Waals surface area (Å²) >= 11 is 0. The van der Waals surface area contributed by atoms with Gasteiger partial charge in [-0.3, -0.25) is 0 Å². The molecule has 0 spiro atoms. The van der Waals surface area contributed by atoms with Crippen LogP contribution in [-0.2, 0) is 16.6 Å². The van der Waals surface area contributed by atoms with Crippen molar-refractivity contribution in [3.63, 3.8) is 0 Å². The molecule has 0 radical (unpaired) electrons. The second-order valence-corrected chi connectivity index (χ2v) is 8.40. The van der Waals surface area contributed by atoms with E-state index < -0.39 is 10.0 Å². The Hall–Kier alpha value is -3.31. The van der Waals surface area contributed by atoms with E-state index in [0.717, 1.165) is 4.31 Å². The number of hydrogen-bond acceptors (Lipinski definition) is 9. The van der Waals surface area contributed by atoms with E-state index in [-0.39, 0.29) is 23.2 Å². The van der Waals surface area contributed by atoms with Crippen LogP contribution in [0.2, 0.25) is 0 Å². The Morgan fingerprint density at radius 3 is 2.26 bits per heavy atom. The van der Waals surface area contributed by atoms with Crippen molar-refractivity contribution in [1.82, 2.24) is 14.4 Å². The molecule has 31 heavy (non-hydrogen) atoms. The van der Waals surface area contributed by atoms with Crippen molar-refractivity contribution in [2.75, 3.05) is 35.5 Å². The smallest absolute Gasteiger partial charge is 0.243 e. The molecule has 0 saturated heterocycles. The topological polar surface area (TPSA) is 113 Å². The molecule has 1 heterocycles. The van der Waals surface area contributed by atoms with Gasteiger partial charge in [-0.15, -0.1) is 0 Å². The molecule has 0 unspecified atom stereocenters. The van der Waals surface area contributed by atoms with Crippen LogP contribution < -0.4 is 18.9 Å². The minimum absolute atomic E-state index is 0.0456. The van der Waals surface area contributed by atoms with E-state index in [1.807, 2.05) is 0 Å². The summed E-state index contributed by atoms with van der Waals surface area (Å²) in [7, 11) is 3.56. The van der Waals surface area contributed by atoms with E-state index in [1.165, 1.54) is 46.6 Å². The van der Waals surface area contributed by atoms with E-state index in [1.54, 1.807) is 25.3 Å². The molecule has 11 heteroatoms. The van der Waals surface area contributed by atoms with Gasteiger partial charge in [0.05, 0.1) is 45.4 Å². The van der Waals surface area contributed by atoms with Crippen LogP contribution in [-0.4, -0.2) is 58.4 Å². The molecule has 0 atom stereocenters. The second kappa shape index (κ2) is 9.23. The predicted octanol–water partition coefficient (Wildman–Crippen LogP) is 2.59. The first kappa shape index (κ1) is 22.4. The van der Waals surface area contributed by atoms with Crippen LogP contribution in [0.3, 0.4) is 0 Å². The van der Waals surface area contributed by atoms with Crippen LogP contribution in [0, 0.1) is 0 Å². The summed E-state index contributed by atoms with van der Waals surface area (Å²) in [5, 5.41) is 3.94. The van der Waals surface area contributed by atoms with Crippen molar-refractivity contribution in [3.8, 4) is 34.4 Å². The molecule has 3 aromatic rings. The Bertz CT molecular complexity index is 1160. The van der Waals surface area contributed by atoms with Crippen molar-refractivity contribution >= 4 is 10.0 Å². The van der Waals surface area contributed by atoms with E-state index in [4.69, 9.17) is 23.5 Å². The summed E-state index contributed by atoms with van der Waals surface area (Å²) in [5.41, 5.74) is 0.587. The summed E-state index contributed by atoms with van der Waals surface area (Å²) in [6.45, 7) is -0.123. The van der Waals surface area contributed by atoms with Gasteiger partial charge in [0.15, 0.2) is 11.5 Å². The van der Waals surface area contributed by atoms with Gasteiger partial charge < -0.3 is 23.5 Å². The van der Waals surface area contributed by atoms with Crippen LogP contribution >= 0.6 is 0 Å². The zero-order chi connectivity index (χ0) is 22.6. The van der Waals surface area contributed by atoms with Gasteiger partial charge in [-0.25, -0.2) is 8.42 Å². The lowest BCUT2D eigenvalue weighted by Gasteiger charge is -2.16. The molecule has 10 nitrogen and oxygen atoms in total. The maximum absolute atomic E-state index is 13.0. The van der Waals surface area contributed by atoms with Gasteiger partial charge in [0.2, 0.25) is 21.7 Å². The molecule has 0 aliphatic rings. The molecule has 0 N–H and O–H groups in total. The molecule has 0 aliphatic carbocycles. The molecule has 1 aromatic heterocycles. The van der Waals surface area contributed by atoms with Gasteiger partial charge in [0.25, 0.3) is 0 Å². The zero-order valence-corrected chi connectivity index (χ0v) is 18.6. The number of hydrogen-bond donors (Lipinski definition) is 0. The maximum Gasteiger partial charge on any atom is 0.243 e. The van der Waals surface area contributed by atoms with E-state index in [9.17, 15) is 8.42 Å². The molecular formula is C20H23N3O7S. The maximum atomic E-state index is 13.0. The summed E-state index contributed by atoms with van der Waals surface area (Å²) in [6.07, 6.45) is 0. The SMILES string of the molecule is COc1ccc(-c2noc(CN(C)S(=O)(=O)c3ccc(OC)c(OC)c3)n2)c(OC)c1. The first-order valence-corrected chi connectivity index (χ1v) is 10.5. The highest BCUT2D eigenvalue weighted by Gasteiger charge is 2.25. The molecule has 0 aliphatic heterocycles. The standard InChI is InChI=1S/C20H23N3O7S/c1-23(31(24,25)14-7-9-16(27-3)18(11-14)29-5)12-19-21-20(22-30-19)15-8-6-13(26-2)10-17(15)28-4/h6-11H,12H2,1-5H3. The summed E-state index contributed by atoms with van der Waals surface area (Å²) in [4.78, 5) is 4.35. The van der Waals surface area contributed by atoms with Crippen LogP contribution in [0.4, 0.5) is 0 Å². The van der Waals surface area contributed by atoms with Crippen LogP contribution in [0.1, 0.15) is 5.89 Å². The fourth-order valence-electron chi connectivity index (χ4n) is 2.84. The Morgan fingerprint density at radius 1 is 0.903 bits per heavy atom. The highest BCUT2D eigenvalue weighted by molar-refractivity contribution is 7.89. The van der Waals surface area contributed by atoms with Crippen molar-refractivity contribution < 1.29 is 31.9 Å². The van der Waals surface area contributed by atoms with Gasteiger partial charge in [-0.2, -0.15) is 9.29 Å². The normalized spacial score (nSPS) is 11.4. The van der Waals surface area contributed by atoms with Gasteiger partial charge in [0, 0.05) is 19.2 Å². The molecule has 0 saturated carbocycles. The first-order valence-electron chi connectivity index (χ1n) is 9.07. The number of rotatable bonds is 9. The van der Waals surface area contributed by atoms with Gasteiger partial charge in [0.1, 0.15) is 11.5 Å². The molecule has 166 valence electrons. The van der Waals surface area contributed by atoms with Crippen LogP contribution in [0.15, 0.2) is 45.8 Å². The summed E-state index contributed by atoms with van der Waals surface area (Å²) in [6, 6.07) is 9.53. The third kappa shape index (κ3) is 4.57. The van der Waals surface area contributed by atoms with E-state index in [0.29, 0.717) is 28.6 Å². The van der Waals surface area contributed by atoms with Crippen molar-refractivity contribution in [2.24, 2.45) is 0 Å². The molecule has 0 fully saturated rings. The van der Waals surface area contributed by atoms with Gasteiger partial charge >= 0.3 is 0 Å². The highest BCUT2D eigenvalue weighted by atomic mass is 32.2. The Kier molecular flexibility index (Phi) is 6.66. The average Bonchev–Trinajstić information content (AvgIpc) is 3.26. The van der Waals surface area contributed by atoms with E-state index >= 15 is 0 Å². The Morgan fingerprint density at radius 2 is 1.61 bits per heavy atom. The Labute approximate surface area is 180 Å². The number of methoxy groups -OCH3 is 4. The molecular weight excluding hydrogens is 426 g/mol. The third-order valence-corrected chi connectivity index (χ3v) is 6.34. The average molecular weight is 449 g/mol. The minimum atomic E-state index is -3.84. The second-order valence-electron chi connectivity index (χ2n) is 6.36. The number of sulfonamides is 1. The number of aromatic nitrogens is 2. The fraction of sp³-hybridized carbons (Fsp3) is 0.300. The first-order chi connectivity index (χ1) is 14.8. The highest BCUT2D eigenvalue weighted by Crippen LogP contribution is 2.32. The fourth-order valence-corrected chi connectivity index (χ4v) is 3.98. The van der Waals surface area contributed by atoms with Crippen molar-refractivity contribution in [3.05, 3.63) is 42.3 Å². The summed E-state index contributed by atoms with van der Waals surface area (Å²) < 4.78 is 53.2. The molecule has 2 aromatic carbocycles. The molecule has 0 bridgehead atoms. The lowest BCUT2D eigenvalue weighted by Crippen LogP contribution is -2.26. The minimum Gasteiger partial charge on any atom is -0.497 e.